The second-order valence-corrected chi connectivity index (χ2v) is 7.16. The fourth-order valence-electron chi connectivity index (χ4n) is 4.47. The van der Waals surface area contributed by atoms with Crippen molar-refractivity contribution in [1.29, 1.82) is 0 Å². The van der Waals surface area contributed by atoms with Crippen LogP contribution in [-0.2, 0) is 4.79 Å². The molecule has 3 saturated heterocycles. The number of nitrogens with zero attached hydrogens (tertiary/aromatic N) is 1. The molecule has 3 aliphatic heterocycles. The van der Waals surface area contributed by atoms with Gasteiger partial charge in [-0.05, 0) is 50.9 Å². The first kappa shape index (κ1) is 18.3. The SMILES string of the molecule is Cl.NC(=O)NCC1CCCCN1C(=O)CC1CC2CCC(C1)N2. The van der Waals surface area contributed by atoms with Crippen LogP contribution in [-0.4, -0.2) is 48.1 Å². The van der Waals surface area contributed by atoms with Gasteiger partial charge in [-0.25, -0.2) is 4.79 Å². The first-order valence-corrected chi connectivity index (χ1v) is 8.70. The highest BCUT2D eigenvalue weighted by Gasteiger charge is 2.36. The molecule has 23 heavy (non-hydrogen) atoms. The molecule has 6 nitrogen and oxygen atoms in total. The Balaban J connectivity index is 0.00000192. The maximum atomic E-state index is 12.7. The summed E-state index contributed by atoms with van der Waals surface area (Å²) < 4.78 is 0. The van der Waals surface area contributed by atoms with Crippen molar-refractivity contribution in [2.45, 2.75) is 69.5 Å². The molecule has 0 saturated carbocycles. The Morgan fingerprint density at radius 1 is 1.13 bits per heavy atom. The quantitative estimate of drug-likeness (QED) is 0.720. The lowest BCUT2D eigenvalue weighted by atomic mass is 9.88. The summed E-state index contributed by atoms with van der Waals surface area (Å²) in [5.41, 5.74) is 5.16. The summed E-state index contributed by atoms with van der Waals surface area (Å²) in [7, 11) is 0. The Hall–Kier alpha value is -1.01. The van der Waals surface area contributed by atoms with E-state index in [1.54, 1.807) is 0 Å². The summed E-state index contributed by atoms with van der Waals surface area (Å²) in [5.74, 6) is 0.792. The van der Waals surface area contributed by atoms with E-state index in [-0.39, 0.29) is 24.4 Å². The molecule has 2 bridgehead atoms. The van der Waals surface area contributed by atoms with Gasteiger partial charge in [0.2, 0.25) is 5.91 Å². The molecule has 3 fully saturated rings. The number of nitrogens with one attached hydrogen (secondary N) is 2. The maximum Gasteiger partial charge on any atom is 0.312 e. The highest BCUT2D eigenvalue weighted by molar-refractivity contribution is 5.85. The van der Waals surface area contributed by atoms with Crippen molar-refractivity contribution in [3.63, 3.8) is 0 Å². The zero-order valence-electron chi connectivity index (χ0n) is 13.6. The molecule has 0 spiro atoms. The summed E-state index contributed by atoms with van der Waals surface area (Å²) in [6, 6.07) is 0.871. The van der Waals surface area contributed by atoms with Crippen LogP contribution >= 0.6 is 12.4 Å². The smallest absolute Gasteiger partial charge is 0.312 e. The minimum atomic E-state index is -0.507. The molecule has 4 N–H and O–H groups in total. The number of hydrogen-bond acceptors (Lipinski definition) is 3. The zero-order valence-corrected chi connectivity index (χ0v) is 14.4. The molecular weight excluding hydrogens is 316 g/mol. The van der Waals surface area contributed by atoms with Crippen molar-refractivity contribution < 1.29 is 9.59 Å². The Morgan fingerprint density at radius 2 is 1.83 bits per heavy atom. The Labute approximate surface area is 144 Å². The largest absolute Gasteiger partial charge is 0.352 e. The van der Waals surface area contributed by atoms with Crippen molar-refractivity contribution in [2.24, 2.45) is 11.7 Å². The number of fused-ring (bicyclic) bond motifs is 2. The normalized spacial score (nSPS) is 33.0. The number of carbonyl (C=O) groups is 2. The number of rotatable bonds is 4. The van der Waals surface area contributed by atoms with Gasteiger partial charge in [-0.15, -0.1) is 12.4 Å². The molecule has 0 aromatic rings. The summed E-state index contributed by atoms with van der Waals surface area (Å²) in [5, 5.41) is 6.29. The molecule has 3 heterocycles. The standard InChI is InChI=1S/C16H28N4O2.ClH/c17-16(22)18-10-14-3-1-2-6-20(14)15(21)9-11-7-12-4-5-13(8-11)19-12;/h11-14,19H,1-10H2,(H3,17,18,22);1H. The molecule has 0 aromatic heterocycles. The third-order valence-electron chi connectivity index (χ3n) is 5.49. The number of carbonyl (C=O) groups excluding carboxylic acids is 2. The van der Waals surface area contributed by atoms with Crippen molar-refractivity contribution in [2.75, 3.05) is 13.1 Å². The molecule has 0 aromatic carbocycles. The van der Waals surface area contributed by atoms with Crippen molar-refractivity contribution >= 4 is 24.3 Å². The summed E-state index contributed by atoms with van der Waals surface area (Å²) in [6.45, 7) is 1.31. The monoisotopic (exact) mass is 344 g/mol. The predicted molar refractivity (Wildman–Crippen MR) is 91.5 cm³/mol. The Kier molecular flexibility index (Phi) is 6.53. The van der Waals surface area contributed by atoms with Gasteiger partial charge < -0.3 is 21.3 Å². The second kappa shape index (κ2) is 8.20. The Bertz CT molecular complexity index is 422. The van der Waals surface area contributed by atoms with Crippen LogP contribution in [0, 0.1) is 5.92 Å². The van der Waals surface area contributed by atoms with Gasteiger partial charge in [0.15, 0.2) is 0 Å². The second-order valence-electron chi connectivity index (χ2n) is 7.16. The minimum absolute atomic E-state index is 0. The summed E-state index contributed by atoms with van der Waals surface area (Å²) >= 11 is 0. The van der Waals surface area contributed by atoms with Crippen LogP contribution in [0.1, 0.15) is 51.4 Å². The van der Waals surface area contributed by atoms with E-state index in [0.29, 0.717) is 31.0 Å². The number of amides is 3. The number of halogens is 1. The number of nitrogens with two attached hydrogens (primary N) is 1. The lowest BCUT2D eigenvalue weighted by Gasteiger charge is -2.37. The van der Waals surface area contributed by atoms with E-state index in [1.807, 2.05) is 4.90 Å². The van der Waals surface area contributed by atoms with E-state index in [9.17, 15) is 9.59 Å². The fraction of sp³-hybridized carbons (Fsp3) is 0.875. The highest BCUT2D eigenvalue weighted by Crippen LogP contribution is 2.33. The van der Waals surface area contributed by atoms with E-state index in [4.69, 9.17) is 5.73 Å². The van der Waals surface area contributed by atoms with E-state index in [2.05, 4.69) is 10.6 Å². The molecule has 3 amide bonds. The zero-order chi connectivity index (χ0) is 15.5. The van der Waals surface area contributed by atoms with Gasteiger partial charge in [-0.2, -0.15) is 0 Å². The number of hydrogen-bond donors (Lipinski definition) is 3. The van der Waals surface area contributed by atoms with Crippen LogP contribution in [0.3, 0.4) is 0 Å². The van der Waals surface area contributed by atoms with Gasteiger partial charge in [-0.1, -0.05) is 0 Å². The molecule has 3 rings (SSSR count). The topological polar surface area (TPSA) is 87.5 Å². The van der Waals surface area contributed by atoms with Gasteiger partial charge >= 0.3 is 6.03 Å². The van der Waals surface area contributed by atoms with Gasteiger partial charge in [0, 0.05) is 37.6 Å². The van der Waals surface area contributed by atoms with Crippen molar-refractivity contribution in [3.05, 3.63) is 0 Å². The van der Waals surface area contributed by atoms with Crippen molar-refractivity contribution in [3.8, 4) is 0 Å². The fourth-order valence-corrected chi connectivity index (χ4v) is 4.47. The number of likely N-dealkylation sites (tertiary alicyclic amines) is 1. The van der Waals surface area contributed by atoms with E-state index < -0.39 is 6.03 Å². The van der Waals surface area contributed by atoms with E-state index in [1.165, 1.54) is 12.8 Å². The molecular formula is C16H29ClN4O2. The first-order valence-electron chi connectivity index (χ1n) is 8.70. The van der Waals surface area contributed by atoms with Gasteiger partial charge in [0.1, 0.15) is 0 Å². The molecule has 132 valence electrons. The van der Waals surface area contributed by atoms with Crippen molar-refractivity contribution in [1.82, 2.24) is 15.5 Å². The molecule has 7 heteroatoms. The Morgan fingerprint density at radius 3 is 2.48 bits per heavy atom. The van der Waals surface area contributed by atoms with Crippen LogP contribution in [0.2, 0.25) is 0 Å². The third-order valence-corrected chi connectivity index (χ3v) is 5.49. The van der Waals surface area contributed by atoms with Gasteiger partial charge in [0.05, 0.1) is 0 Å². The van der Waals surface area contributed by atoms with Crippen LogP contribution in [0.15, 0.2) is 0 Å². The highest BCUT2D eigenvalue weighted by atomic mass is 35.5. The maximum absolute atomic E-state index is 12.7. The predicted octanol–water partition coefficient (Wildman–Crippen LogP) is 1.38. The average Bonchev–Trinajstić information content (AvgIpc) is 2.84. The molecule has 0 aliphatic carbocycles. The van der Waals surface area contributed by atoms with Gasteiger partial charge in [-0.3, -0.25) is 4.79 Å². The van der Waals surface area contributed by atoms with Crippen LogP contribution in [0.4, 0.5) is 4.79 Å². The minimum Gasteiger partial charge on any atom is -0.352 e. The molecule has 3 unspecified atom stereocenters. The van der Waals surface area contributed by atoms with E-state index in [0.717, 1.165) is 38.6 Å². The molecule has 3 atom stereocenters. The summed E-state index contributed by atoms with van der Waals surface area (Å²) in [4.78, 5) is 25.6. The van der Waals surface area contributed by atoms with E-state index >= 15 is 0 Å². The van der Waals surface area contributed by atoms with Gasteiger partial charge in [0.25, 0.3) is 0 Å². The first-order chi connectivity index (χ1) is 10.6. The van der Waals surface area contributed by atoms with Crippen LogP contribution in [0.5, 0.6) is 0 Å². The number of urea groups is 1. The summed E-state index contributed by atoms with van der Waals surface area (Å²) in [6.07, 6.45) is 8.63. The van der Waals surface area contributed by atoms with Crippen LogP contribution < -0.4 is 16.4 Å². The van der Waals surface area contributed by atoms with Crippen LogP contribution in [0.25, 0.3) is 0 Å². The lowest BCUT2D eigenvalue weighted by Crippen LogP contribution is -2.51. The third kappa shape index (κ3) is 4.73. The lowest BCUT2D eigenvalue weighted by molar-refractivity contribution is -0.136. The molecule has 0 radical (unpaired) electrons. The molecule has 3 aliphatic rings. The number of piperidine rings is 2. The average molecular weight is 345 g/mol. The number of primary amides is 1.